The van der Waals surface area contributed by atoms with E-state index in [0.29, 0.717) is 49.2 Å². The molecule has 1 amide bonds. The molecule has 0 aliphatic carbocycles. The molecule has 8 nitrogen and oxygen atoms in total. The number of H-pyrrole nitrogens is 1. The van der Waals surface area contributed by atoms with Gasteiger partial charge in [-0.25, -0.2) is 14.1 Å². The van der Waals surface area contributed by atoms with Gasteiger partial charge < -0.3 is 16.0 Å². The van der Waals surface area contributed by atoms with Gasteiger partial charge in [-0.2, -0.15) is 10.4 Å². The van der Waals surface area contributed by atoms with Gasteiger partial charge in [0.25, 0.3) is 0 Å². The van der Waals surface area contributed by atoms with E-state index in [-0.39, 0.29) is 17.5 Å². The molecule has 0 aliphatic rings. The van der Waals surface area contributed by atoms with Crippen LogP contribution < -0.4 is 11.1 Å². The summed E-state index contributed by atoms with van der Waals surface area (Å²) in [4.78, 5) is 19.8. The molecule has 0 saturated carbocycles. The van der Waals surface area contributed by atoms with E-state index >= 15 is 0 Å². The molecule has 4 aromatic rings. The van der Waals surface area contributed by atoms with Crippen LogP contribution in [0.5, 0.6) is 0 Å². The van der Waals surface area contributed by atoms with E-state index < -0.39 is 0 Å². The molecule has 0 radical (unpaired) electrons. The van der Waals surface area contributed by atoms with Gasteiger partial charge in [-0.05, 0) is 49.2 Å². The first-order valence-corrected chi connectivity index (χ1v) is 10.3. The lowest BCUT2D eigenvalue weighted by Crippen LogP contribution is -2.25. The summed E-state index contributed by atoms with van der Waals surface area (Å²) in [7, 11) is 0. The van der Waals surface area contributed by atoms with Crippen LogP contribution in [0, 0.1) is 17.1 Å². The monoisotopic (exact) mass is 431 g/mol. The summed E-state index contributed by atoms with van der Waals surface area (Å²) in [5, 5.41) is 16.8. The van der Waals surface area contributed by atoms with E-state index in [9.17, 15) is 14.4 Å². The van der Waals surface area contributed by atoms with Gasteiger partial charge in [0.1, 0.15) is 29.1 Å². The third kappa shape index (κ3) is 4.59. The third-order valence-corrected chi connectivity index (χ3v) is 5.12. The number of carbonyl (C=O) groups is 1. The zero-order valence-corrected chi connectivity index (χ0v) is 17.3. The zero-order valence-electron chi connectivity index (χ0n) is 17.3. The van der Waals surface area contributed by atoms with Crippen molar-refractivity contribution in [1.29, 1.82) is 5.26 Å². The van der Waals surface area contributed by atoms with E-state index in [1.807, 2.05) is 24.3 Å². The number of hydrogen-bond donors (Lipinski definition) is 3. The van der Waals surface area contributed by atoms with Crippen LogP contribution in [-0.4, -0.2) is 32.2 Å². The number of anilines is 1. The Hall–Kier alpha value is -4.19. The minimum absolute atomic E-state index is 0.0673. The lowest BCUT2D eigenvalue weighted by Gasteiger charge is -2.04. The number of aromatic nitrogens is 4. The quantitative estimate of drug-likeness (QED) is 0.370. The van der Waals surface area contributed by atoms with Crippen LogP contribution in [0.3, 0.4) is 0 Å². The van der Waals surface area contributed by atoms with Gasteiger partial charge in [-0.1, -0.05) is 12.1 Å². The highest BCUT2D eigenvalue weighted by molar-refractivity contribution is 5.77. The average Bonchev–Trinajstić information content (AvgIpc) is 3.36. The number of nitrogens with zero attached hydrogens (tertiary/aromatic N) is 4. The molecule has 0 bridgehead atoms. The number of nitriles is 1. The van der Waals surface area contributed by atoms with Gasteiger partial charge in [-0.3, -0.25) is 4.79 Å². The molecule has 0 spiro atoms. The highest BCUT2D eigenvalue weighted by atomic mass is 19.1. The van der Waals surface area contributed by atoms with Crippen molar-refractivity contribution in [2.75, 3.05) is 12.3 Å². The van der Waals surface area contributed by atoms with Crippen LogP contribution in [0.25, 0.3) is 16.7 Å². The fourth-order valence-electron chi connectivity index (χ4n) is 3.48. The van der Waals surface area contributed by atoms with Gasteiger partial charge in [0.05, 0.1) is 22.4 Å². The minimum atomic E-state index is -0.365. The number of amides is 1. The molecule has 2 aromatic carbocycles. The Morgan fingerprint density at radius 1 is 1.19 bits per heavy atom. The summed E-state index contributed by atoms with van der Waals surface area (Å²) in [5.74, 6) is 0.560. The van der Waals surface area contributed by atoms with Gasteiger partial charge in [0, 0.05) is 19.4 Å². The molecule has 32 heavy (non-hydrogen) atoms. The Morgan fingerprint density at radius 2 is 1.97 bits per heavy atom. The third-order valence-electron chi connectivity index (χ3n) is 5.12. The Labute approximate surface area is 183 Å². The number of benzene rings is 2. The van der Waals surface area contributed by atoms with E-state index in [1.54, 1.807) is 12.1 Å². The van der Waals surface area contributed by atoms with Crippen molar-refractivity contribution in [2.45, 2.75) is 25.7 Å². The SMILES string of the molecule is N#Cc1c(CCCNC(=O)CCc2nc3ccccc3[nH]2)nn(-c2ccc(F)cc2)c1N. The largest absolute Gasteiger partial charge is 0.382 e. The summed E-state index contributed by atoms with van der Waals surface area (Å²) < 4.78 is 14.6. The van der Waals surface area contributed by atoms with Crippen LogP contribution in [-0.2, 0) is 17.6 Å². The van der Waals surface area contributed by atoms with Crippen molar-refractivity contribution in [2.24, 2.45) is 0 Å². The number of hydrogen-bond acceptors (Lipinski definition) is 5. The first kappa shape index (κ1) is 21.1. The van der Waals surface area contributed by atoms with Gasteiger partial charge in [0.15, 0.2) is 0 Å². The fourth-order valence-corrected chi connectivity index (χ4v) is 3.48. The number of nitrogens with two attached hydrogens (primary N) is 1. The van der Waals surface area contributed by atoms with Crippen molar-refractivity contribution >= 4 is 22.8 Å². The normalized spacial score (nSPS) is 10.9. The van der Waals surface area contributed by atoms with Crippen molar-refractivity contribution in [1.82, 2.24) is 25.1 Å². The minimum Gasteiger partial charge on any atom is -0.382 e. The summed E-state index contributed by atoms with van der Waals surface area (Å²) in [6, 6.07) is 15.5. The molecule has 0 fully saturated rings. The van der Waals surface area contributed by atoms with Crippen LogP contribution in [0.15, 0.2) is 48.5 Å². The second-order valence-corrected chi connectivity index (χ2v) is 7.36. The summed E-state index contributed by atoms with van der Waals surface area (Å²) in [6.45, 7) is 0.452. The predicted octanol–water partition coefficient (Wildman–Crippen LogP) is 3.02. The number of carbonyl (C=O) groups excluding carboxylic acids is 1. The molecule has 2 heterocycles. The topological polar surface area (TPSA) is 125 Å². The molecule has 162 valence electrons. The Balaban J connectivity index is 1.28. The standard InChI is InChI=1S/C23H22FN7O/c24-15-7-9-16(10-8-15)31-23(26)17(14-25)18(30-31)6-3-13-27-22(32)12-11-21-28-19-4-1-2-5-20(19)29-21/h1-2,4-5,7-10H,3,6,11-13,26H2,(H,27,32)(H,28,29). The van der Waals surface area contributed by atoms with E-state index in [0.717, 1.165) is 16.9 Å². The van der Waals surface area contributed by atoms with Crippen molar-refractivity contribution < 1.29 is 9.18 Å². The number of aromatic amines is 1. The molecule has 4 rings (SSSR count). The van der Waals surface area contributed by atoms with Crippen molar-refractivity contribution in [3.63, 3.8) is 0 Å². The predicted molar refractivity (Wildman–Crippen MR) is 118 cm³/mol. The first-order valence-electron chi connectivity index (χ1n) is 10.3. The maximum Gasteiger partial charge on any atom is 0.220 e. The molecule has 2 aromatic heterocycles. The van der Waals surface area contributed by atoms with Crippen molar-refractivity contribution in [3.8, 4) is 11.8 Å². The molecule has 0 atom stereocenters. The first-order chi connectivity index (χ1) is 15.5. The number of imidazole rings is 1. The lowest BCUT2D eigenvalue weighted by molar-refractivity contribution is -0.121. The number of nitrogen functional groups attached to an aromatic ring is 1. The second-order valence-electron chi connectivity index (χ2n) is 7.36. The molecule has 0 saturated heterocycles. The van der Waals surface area contributed by atoms with Crippen LogP contribution in [0.2, 0.25) is 0 Å². The maximum absolute atomic E-state index is 13.2. The number of rotatable bonds is 8. The molecule has 4 N–H and O–H groups in total. The smallest absolute Gasteiger partial charge is 0.220 e. The molecule has 9 heteroatoms. The highest BCUT2D eigenvalue weighted by Crippen LogP contribution is 2.21. The molecular formula is C23H22FN7O. The van der Waals surface area contributed by atoms with Gasteiger partial charge in [-0.15, -0.1) is 0 Å². The molecule has 0 unspecified atom stereocenters. The Kier molecular flexibility index (Phi) is 6.12. The number of aryl methyl sites for hydroxylation is 2. The number of para-hydroxylation sites is 2. The van der Waals surface area contributed by atoms with Gasteiger partial charge in [0.2, 0.25) is 5.91 Å². The lowest BCUT2D eigenvalue weighted by atomic mass is 10.1. The summed E-state index contributed by atoms with van der Waals surface area (Å²) >= 11 is 0. The molecule has 0 aliphatic heterocycles. The van der Waals surface area contributed by atoms with E-state index in [4.69, 9.17) is 5.73 Å². The van der Waals surface area contributed by atoms with E-state index in [1.165, 1.54) is 16.8 Å². The van der Waals surface area contributed by atoms with Crippen molar-refractivity contribution in [3.05, 3.63) is 71.4 Å². The van der Waals surface area contributed by atoms with E-state index in [2.05, 4.69) is 26.5 Å². The molecular weight excluding hydrogens is 409 g/mol. The Morgan fingerprint density at radius 3 is 2.72 bits per heavy atom. The average molecular weight is 431 g/mol. The van der Waals surface area contributed by atoms with Gasteiger partial charge >= 0.3 is 0 Å². The number of fused-ring (bicyclic) bond motifs is 1. The highest BCUT2D eigenvalue weighted by Gasteiger charge is 2.16. The van der Waals surface area contributed by atoms with Crippen LogP contribution >= 0.6 is 0 Å². The van der Waals surface area contributed by atoms with Crippen LogP contribution in [0.1, 0.15) is 29.9 Å². The summed E-state index contributed by atoms with van der Waals surface area (Å²) in [6.07, 6.45) is 1.93. The zero-order chi connectivity index (χ0) is 22.5. The summed E-state index contributed by atoms with van der Waals surface area (Å²) in [5.41, 5.74) is 9.32. The second kappa shape index (κ2) is 9.31. The van der Waals surface area contributed by atoms with Crippen LogP contribution in [0.4, 0.5) is 10.2 Å². The maximum atomic E-state index is 13.2. The number of nitrogens with one attached hydrogen (secondary N) is 2. The fraction of sp³-hybridized carbons (Fsp3) is 0.217. The Bertz CT molecular complexity index is 1250. The number of halogens is 1.